The Hall–Kier alpha value is -1.54. The molecule has 1 saturated carbocycles. The van der Waals surface area contributed by atoms with Crippen LogP contribution in [0.5, 0.6) is 0 Å². The van der Waals surface area contributed by atoms with E-state index in [1.54, 1.807) is 0 Å². The van der Waals surface area contributed by atoms with Gasteiger partial charge in [-0.3, -0.25) is 4.79 Å². The second-order valence-electron chi connectivity index (χ2n) is 4.62. The van der Waals surface area contributed by atoms with E-state index in [0.29, 0.717) is 31.6 Å². The van der Waals surface area contributed by atoms with Crippen molar-refractivity contribution < 1.29 is 9.90 Å². The number of aliphatic hydroxyl groups is 1. The summed E-state index contributed by atoms with van der Waals surface area (Å²) in [6.45, 7) is 0.565. The van der Waals surface area contributed by atoms with Crippen molar-refractivity contribution >= 4 is 5.91 Å². The third-order valence-electron chi connectivity index (χ3n) is 3.21. The van der Waals surface area contributed by atoms with E-state index >= 15 is 0 Å². The van der Waals surface area contributed by atoms with Gasteiger partial charge in [0.05, 0.1) is 6.10 Å². The van der Waals surface area contributed by atoms with Gasteiger partial charge in [-0.15, -0.1) is 10.2 Å². The predicted molar refractivity (Wildman–Crippen MR) is 62.2 cm³/mol. The fourth-order valence-corrected chi connectivity index (χ4v) is 2.15. The minimum Gasteiger partial charge on any atom is -0.391 e. The molecule has 0 spiro atoms. The number of carbonyl (C=O) groups excluding carboxylic acids is 1. The Morgan fingerprint density at radius 1 is 1.56 bits per heavy atom. The van der Waals surface area contributed by atoms with Crippen LogP contribution in [0.15, 0.2) is 0 Å². The zero-order valence-corrected chi connectivity index (χ0v) is 10.0. The van der Waals surface area contributed by atoms with Gasteiger partial charge in [0.1, 0.15) is 0 Å². The summed E-state index contributed by atoms with van der Waals surface area (Å²) in [5, 5.41) is 25.8. The Bertz CT molecular complexity index is 372. The van der Waals surface area contributed by atoms with E-state index in [0.717, 1.165) is 6.42 Å². The van der Waals surface area contributed by atoms with Crippen molar-refractivity contribution in [2.45, 2.75) is 37.8 Å². The first kappa shape index (κ1) is 12.9. The lowest BCUT2D eigenvalue weighted by Crippen LogP contribution is -2.31. The smallest absolute Gasteiger partial charge is 0.223 e. The van der Waals surface area contributed by atoms with Gasteiger partial charge in [0, 0.05) is 24.9 Å². The Balaban J connectivity index is 1.63. The molecule has 1 aliphatic carbocycles. The van der Waals surface area contributed by atoms with E-state index in [1.807, 2.05) is 0 Å². The molecule has 5 N–H and O–H groups in total. The first-order chi connectivity index (χ1) is 8.66. The average molecular weight is 254 g/mol. The van der Waals surface area contributed by atoms with Gasteiger partial charge in [0.25, 0.3) is 0 Å². The van der Waals surface area contributed by atoms with Gasteiger partial charge >= 0.3 is 0 Å². The Morgan fingerprint density at radius 3 is 3.00 bits per heavy atom. The number of rotatable bonds is 5. The molecule has 8 nitrogen and oxygen atoms in total. The summed E-state index contributed by atoms with van der Waals surface area (Å²) in [4.78, 5) is 11.8. The summed E-state index contributed by atoms with van der Waals surface area (Å²) in [6, 6.07) is -0.278. The maximum Gasteiger partial charge on any atom is 0.223 e. The topological polar surface area (TPSA) is 130 Å². The minimum absolute atomic E-state index is 0.0323. The van der Waals surface area contributed by atoms with Gasteiger partial charge in [0.15, 0.2) is 5.82 Å². The summed E-state index contributed by atoms with van der Waals surface area (Å²) >= 11 is 0. The van der Waals surface area contributed by atoms with Crippen LogP contribution in [0.2, 0.25) is 0 Å². The van der Waals surface area contributed by atoms with E-state index in [4.69, 9.17) is 5.73 Å². The highest BCUT2D eigenvalue weighted by molar-refractivity contribution is 5.79. The number of carbonyl (C=O) groups is 1. The molecule has 0 aromatic carbocycles. The molecule has 2 rings (SSSR count). The molecule has 0 bridgehead atoms. The fourth-order valence-electron chi connectivity index (χ4n) is 2.15. The summed E-state index contributed by atoms with van der Waals surface area (Å²) in [6.07, 6.45) is 1.88. The number of aromatic amines is 1. The number of amides is 1. The lowest BCUT2D eigenvalue weighted by atomic mass is 10.1. The van der Waals surface area contributed by atoms with Gasteiger partial charge in [0.2, 0.25) is 5.91 Å². The highest BCUT2D eigenvalue weighted by Gasteiger charge is 2.34. The lowest BCUT2D eigenvalue weighted by molar-refractivity contribution is -0.125. The summed E-state index contributed by atoms with van der Waals surface area (Å²) in [5.41, 5.74) is 5.67. The van der Waals surface area contributed by atoms with E-state index < -0.39 is 6.10 Å². The van der Waals surface area contributed by atoms with Crippen LogP contribution >= 0.6 is 0 Å². The Kier molecular flexibility index (Phi) is 4.21. The van der Waals surface area contributed by atoms with Crippen molar-refractivity contribution in [1.82, 2.24) is 25.9 Å². The number of H-pyrrole nitrogens is 1. The molecule has 3 atom stereocenters. The van der Waals surface area contributed by atoms with E-state index in [1.165, 1.54) is 0 Å². The molecule has 0 saturated heterocycles. The quantitative estimate of drug-likeness (QED) is 0.466. The van der Waals surface area contributed by atoms with E-state index in [9.17, 15) is 9.90 Å². The summed E-state index contributed by atoms with van der Waals surface area (Å²) in [7, 11) is 0. The van der Waals surface area contributed by atoms with Crippen molar-refractivity contribution in [2.75, 3.05) is 6.54 Å². The van der Waals surface area contributed by atoms with Gasteiger partial charge in [-0.2, -0.15) is 5.21 Å². The number of aliphatic hydroxyl groups excluding tert-OH is 1. The number of hydrogen-bond acceptors (Lipinski definition) is 6. The number of tetrazole rings is 1. The molecule has 1 aromatic heterocycles. The lowest BCUT2D eigenvalue weighted by Gasteiger charge is -2.09. The number of nitrogens with zero attached hydrogens (tertiary/aromatic N) is 3. The Labute approximate surface area is 104 Å². The molecule has 1 fully saturated rings. The zero-order valence-electron chi connectivity index (χ0n) is 10.0. The van der Waals surface area contributed by atoms with Crippen LogP contribution in [0, 0.1) is 5.92 Å². The molecule has 18 heavy (non-hydrogen) atoms. The van der Waals surface area contributed by atoms with Crippen LogP contribution < -0.4 is 11.1 Å². The molecule has 1 aromatic rings. The second kappa shape index (κ2) is 5.87. The highest BCUT2D eigenvalue weighted by atomic mass is 16.3. The maximum absolute atomic E-state index is 11.8. The van der Waals surface area contributed by atoms with Crippen molar-refractivity contribution in [3.05, 3.63) is 5.82 Å². The number of nitrogens with two attached hydrogens (primary N) is 1. The van der Waals surface area contributed by atoms with Crippen molar-refractivity contribution in [3.8, 4) is 0 Å². The third kappa shape index (κ3) is 3.23. The number of hydrogen-bond donors (Lipinski definition) is 4. The van der Waals surface area contributed by atoms with Crippen LogP contribution in [0.1, 0.15) is 25.1 Å². The molecule has 1 heterocycles. The molecule has 1 aliphatic rings. The van der Waals surface area contributed by atoms with Gasteiger partial charge < -0.3 is 16.2 Å². The van der Waals surface area contributed by atoms with Crippen molar-refractivity contribution in [2.24, 2.45) is 11.7 Å². The molecule has 100 valence electrons. The normalized spacial score (nSPS) is 27.3. The number of aryl methyl sites for hydroxylation is 1. The molecule has 1 amide bonds. The van der Waals surface area contributed by atoms with Crippen LogP contribution in [-0.4, -0.2) is 50.3 Å². The van der Waals surface area contributed by atoms with Gasteiger partial charge in [-0.1, -0.05) is 5.21 Å². The zero-order chi connectivity index (χ0) is 13.0. The van der Waals surface area contributed by atoms with Crippen molar-refractivity contribution in [1.29, 1.82) is 0 Å². The van der Waals surface area contributed by atoms with Crippen LogP contribution in [0.4, 0.5) is 0 Å². The number of nitrogens with one attached hydrogen (secondary N) is 2. The molecule has 8 heteroatoms. The third-order valence-corrected chi connectivity index (χ3v) is 3.21. The maximum atomic E-state index is 11.8. The first-order valence-corrected chi connectivity index (χ1v) is 6.10. The van der Waals surface area contributed by atoms with E-state index in [-0.39, 0.29) is 17.9 Å². The monoisotopic (exact) mass is 254 g/mol. The van der Waals surface area contributed by atoms with Crippen LogP contribution in [0.3, 0.4) is 0 Å². The first-order valence-electron chi connectivity index (χ1n) is 6.10. The molecule has 0 unspecified atom stereocenters. The summed E-state index contributed by atoms with van der Waals surface area (Å²) < 4.78 is 0. The average Bonchev–Trinajstić information content (AvgIpc) is 2.96. The van der Waals surface area contributed by atoms with Crippen LogP contribution in [-0.2, 0) is 11.2 Å². The Morgan fingerprint density at radius 2 is 2.39 bits per heavy atom. The van der Waals surface area contributed by atoms with Gasteiger partial charge in [-0.25, -0.2) is 0 Å². The summed E-state index contributed by atoms with van der Waals surface area (Å²) in [5.74, 6) is 0.442. The molecular formula is C10H18N6O2. The van der Waals surface area contributed by atoms with E-state index in [2.05, 4.69) is 25.9 Å². The largest absolute Gasteiger partial charge is 0.391 e. The predicted octanol–water partition coefficient (Wildman–Crippen LogP) is -1.65. The molecule has 0 aliphatic heterocycles. The SMILES string of the molecule is N[C@H]1C[C@H](C(=O)NCCCc2nn[nH]n2)C[C@@H]1O. The molecular weight excluding hydrogens is 236 g/mol. The van der Waals surface area contributed by atoms with Gasteiger partial charge in [-0.05, 0) is 19.3 Å². The van der Waals surface area contributed by atoms with Crippen molar-refractivity contribution in [3.63, 3.8) is 0 Å². The highest BCUT2D eigenvalue weighted by Crippen LogP contribution is 2.24. The second-order valence-corrected chi connectivity index (χ2v) is 4.62. The minimum atomic E-state index is -0.555. The number of aromatic nitrogens is 4. The molecule has 0 radical (unpaired) electrons. The fraction of sp³-hybridized carbons (Fsp3) is 0.800. The standard InChI is InChI=1S/C10H18N6O2/c11-7-4-6(5-8(7)17)10(18)12-3-1-2-9-13-15-16-14-9/h6-8,17H,1-5,11H2,(H,12,18)(H,13,14,15,16)/t6-,7-,8-/m0/s1. The van der Waals surface area contributed by atoms with Crippen LogP contribution in [0.25, 0.3) is 0 Å².